The Hall–Kier alpha value is -3.52. The number of nitrogens with one attached hydrogen (secondary N) is 2. The first kappa shape index (κ1) is 24.6. The standard InChI is InChI=1S/C27H33N5O3/c1-4-19(3)28-27(34)22-7-5-6-8-23(22)29-26(33)21-13-15-32(16-14-21)17-24-30-25(31-35-24)20-11-9-18(2)10-12-20/h5-12,19,21H,4,13-17H2,1-3H3,(H,28,34)(H,29,33). The molecule has 1 saturated heterocycles. The molecule has 35 heavy (non-hydrogen) atoms. The van der Waals surface area contributed by atoms with Gasteiger partial charge in [0.25, 0.3) is 5.91 Å². The first-order valence-electron chi connectivity index (χ1n) is 12.3. The summed E-state index contributed by atoms with van der Waals surface area (Å²) < 4.78 is 5.46. The number of para-hydroxylation sites is 1. The molecule has 1 aromatic heterocycles. The van der Waals surface area contributed by atoms with Crippen LogP contribution in [-0.4, -0.2) is 46.0 Å². The van der Waals surface area contributed by atoms with Gasteiger partial charge in [-0.3, -0.25) is 14.5 Å². The van der Waals surface area contributed by atoms with Gasteiger partial charge in [0.1, 0.15) is 0 Å². The fourth-order valence-corrected chi connectivity index (χ4v) is 4.11. The molecule has 1 aliphatic heterocycles. The van der Waals surface area contributed by atoms with Crippen LogP contribution < -0.4 is 10.6 Å². The number of hydrogen-bond donors (Lipinski definition) is 2. The first-order chi connectivity index (χ1) is 16.9. The molecule has 0 radical (unpaired) electrons. The van der Waals surface area contributed by atoms with Gasteiger partial charge in [0.2, 0.25) is 17.6 Å². The number of piperidine rings is 1. The highest BCUT2D eigenvalue weighted by Gasteiger charge is 2.27. The Balaban J connectivity index is 1.30. The van der Waals surface area contributed by atoms with Gasteiger partial charge < -0.3 is 15.2 Å². The lowest BCUT2D eigenvalue weighted by Gasteiger charge is -2.30. The van der Waals surface area contributed by atoms with Gasteiger partial charge >= 0.3 is 0 Å². The Morgan fingerprint density at radius 2 is 1.83 bits per heavy atom. The van der Waals surface area contributed by atoms with Crippen molar-refractivity contribution in [3.63, 3.8) is 0 Å². The van der Waals surface area contributed by atoms with Crippen molar-refractivity contribution in [3.8, 4) is 11.4 Å². The fourth-order valence-electron chi connectivity index (χ4n) is 4.11. The zero-order chi connectivity index (χ0) is 24.8. The molecule has 1 aliphatic rings. The van der Waals surface area contributed by atoms with Crippen molar-refractivity contribution in [1.29, 1.82) is 0 Å². The Bertz CT molecular complexity index is 1150. The van der Waals surface area contributed by atoms with Crippen LogP contribution in [0.5, 0.6) is 0 Å². The van der Waals surface area contributed by atoms with Crippen LogP contribution in [0.1, 0.15) is 54.9 Å². The molecule has 0 bridgehead atoms. The molecule has 0 saturated carbocycles. The van der Waals surface area contributed by atoms with Crippen molar-refractivity contribution >= 4 is 17.5 Å². The maximum Gasteiger partial charge on any atom is 0.253 e. The number of aromatic nitrogens is 2. The van der Waals surface area contributed by atoms with Crippen molar-refractivity contribution in [2.24, 2.45) is 5.92 Å². The molecule has 8 nitrogen and oxygen atoms in total. The fraction of sp³-hybridized carbons (Fsp3) is 0.407. The lowest BCUT2D eigenvalue weighted by atomic mass is 9.95. The zero-order valence-corrected chi connectivity index (χ0v) is 20.6. The molecule has 4 rings (SSSR count). The molecular weight excluding hydrogens is 442 g/mol. The van der Waals surface area contributed by atoms with Crippen molar-refractivity contribution in [2.45, 2.75) is 52.6 Å². The Labute approximate surface area is 206 Å². The van der Waals surface area contributed by atoms with Gasteiger partial charge in [0.15, 0.2) is 0 Å². The minimum atomic E-state index is -0.172. The van der Waals surface area contributed by atoms with Crippen LogP contribution in [0.25, 0.3) is 11.4 Å². The van der Waals surface area contributed by atoms with E-state index in [9.17, 15) is 9.59 Å². The second-order valence-electron chi connectivity index (χ2n) is 9.25. The average molecular weight is 476 g/mol. The van der Waals surface area contributed by atoms with Crippen LogP contribution in [0.15, 0.2) is 53.1 Å². The number of carbonyl (C=O) groups is 2. The van der Waals surface area contributed by atoms with E-state index in [-0.39, 0.29) is 23.8 Å². The molecule has 0 spiro atoms. The summed E-state index contributed by atoms with van der Waals surface area (Å²) in [5.41, 5.74) is 3.15. The summed E-state index contributed by atoms with van der Waals surface area (Å²) in [4.78, 5) is 32.4. The SMILES string of the molecule is CCC(C)NC(=O)c1ccccc1NC(=O)C1CCN(Cc2nc(-c3ccc(C)cc3)no2)CC1. The minimum absolute atomic E-state index is 0.0483. The summed E-state index contributed by atoms with van der Waals surface area (Å²) in [7, 11) is 0. The van der Waals surface area contributed by atoms with Gasteiger partial charge in [-0.25, -0.2) is 0 Å². The van der Waals surface area contributed by atoms with E-state index in [0.717, 1.165) is 37.9 Å². The summed E-state index contributed by atoms with van der Waals surface area (Å²) in [6, 6.07) is 15.2. The maximum atomic E-state index is 13.0. The summed E-state index contributed by atoms with van der Waals surface area (Å²) >= 11 is 0. The predicted octanol–water partition coefficient (Wildman–Crippen LogP) is 4.42. The molecule has 2 aromatic carbocycles. The quantitative estimate of drug-likeness (QED) is 0.500. The zero-order valence-electron chi connectivity index (χ0n) is 20.6. The van der Waals surface area contributed by atoms with Gasteiger partial charge in [-0.2, -0.15) is 4.98 Å². The maximum absolute atomic E-state index is 13.0. The van der Waals surface area contributed by atoms with Gasteiger partial charge in [0, 0.05) is 17.5 Å². The number of nitrogens with zero attached hydrogens (tertiary/aromatic N) is 3. The second kappa shape index (κ2) is 11.3. The van der Waals surface area contributed by atoms with Gasteiger partial charge in [0.05, 0.1) is 17.8 Å². The molecule has 2 amide bonds. The first-order valence-corrected chi connectivity index (χ1v) is 12.3. The van der Waals surface area contributed by atoms with E-state index >= 15 is 0 Å². The van der Waals surface area contributed by atoms with Crippen LogP contribution in [0.3, 0.4) is 0 Å². The molecule has 0 aliphatic carbocycles. The van der Waals surface area contributed by atoms with Crippen molar-refractivity contribution in [2.75, 3.05) is 18.4 Å². The number of carbonyl (C=O) groups excluding carboxylic acids is 2. The third-order valence-corrected chi connectivity index (χ3v) is 6.51. The smallest absolute Gasteiger partial charge is 0.253 e. The van der Waals surface area contributed by atoms with E-state index in [1.807, 2.05) is 51.1 Å². The van der Waals surface area contributed by atoms with Crippen molar-refractivity contribution in [3.05, 3.63) is 65.5 Å². The van der Waals surface area contributed by atoms with Crippen LogP contribution >= 0.6 is 0 Å². The highest BCUT2D eigenvalue weighted by Crippen LogP contribution is 2.23. The van der Waals surface area contributed by atoms with Gasteiger partial charge in [-0.05, 0) is 58.3 Å². The molecule has 2 heterocycles. The molecule has 2 N–H and O–H groups in total. The van der Waals surface area contributed by atoms with Crippen molar-refractivity contribution < 1.29 is 14.1 Å². The number of anilines is 1. The normalized spacial score (nSPS) is 15.5. The predicted molar refractivity (Wildman–Crippen MR) is 135 cm³/mol. The lowest BCUT2D eigenvalue weighted by molar-refractivity contribution is -0.121. The largest absolute Gasteiger partial charge is 0.350 e. The highest BCUT2D eigenvalue weighted by atomic mass is 16.5. The van der Waals surface area contributed by atoms with Crippen LogP contribution in [-0.2, 0) is 11.3 Å². The second-order valence-corrected chi connectivity index (χ2v) is 9.25. The molecule has 1 atom stereocenters. The Morgan fingerprint density at radius 3 is 2.54 bits per heavy atom. The van der Waals surface area contributed by atoms with E-state index < -0.39 is 0 Å². The number of hydrogen-bond acceptors (Lipinski definition) is 6. The summed E-state index contributed by atoms with van der Waals surface area (Å²) in [6.07, 6.45) is 2.30. The molecule has 3 aromatic rings. The van der Waals surface area contributed by atoms with E-state index in [2.05, 4.69) is 25.7 Å². The van der Waals surface area contributed by atoms with Crippen LogP contribution in [0.2, 0.25) is 0 Å². The van der Waals surface area contributed by atoms with E-state index in [0.29, 0.717) is 29.5 Å². The van der Waals surface area contributed by atoms with Gasteiger partial charge in [-0.1, -0.05) is 54.0 Å². The Kier molecular flexibility index (Phi) is 7.92. The third kappa shape index (κ3) is 6.33. The lowest BCUT2D eigenvalue weighted by Crippen LogP contribution is -2.38. The molecule has 1 unspecified atom stereocenters. The summed E-state index contributed by atoms with van der Waals surface area (Å²) in [6.45, 7) is 8.11. The monoisotopic (exact) mass is 475 g/mol. The Morgan fingerprint density at radius 1 is 1.11 bits per heavy atom. The van der Waals surface area contributed by atoms with Crippen molar-refractivity contribution in [1.82, 2.24) is 20.4 Å². The van der Waals surface area contributed by atoms with Crippen LogP contribution in [0.4, 0.5) is 5.69 Å². The number of benzene rings is 2. The highest BCUT2D eigenvalue weighted by molar-refractivity contribution is 6.04. The molecule has 8 heteroatoms. The van der Waals surface area contributed by atoms with Crippen LogP contribution in [0, 0.1) is 12.8 Å². The number of likely N-dealkylation sites (tertiary alicyclic amines) is 1. The minimum Gasteiger partial charge on any atom is -0.350 e. The molecule has 184 valence electrons. The van der Waals surface area contributed by atoms with E-state index in [4.69, 9.17) is 4.52 Å². The van der Waals surface area contributed by atoms with E-state index in [1.54, 1.807) is 18.2 Å². The number of rotatable bonds is 8. The number of aryl methyl sites for hydroxylation is 1. The van der Waals surface area contributed by atoms with Gasteiger partial charge in [-0.15, -0.1) is 0 Å². The van der Waals surface area contributed by atoms with E-state index in [1.165, 1.54) is 5.56 Å². The topological polar surface area (TPSA) is 100 Å². The number of amides is 2. The summed E-state index contributed by atoms with van der Waals surface area (Å²) in [5, 5.41) is 10.1. The molecule has 1 fully saturated rings. The summed E-state index contributed by atoms with van der Waals surface area (Å²) in [5.74, 6) is 0.834. The third-order valence-electron chi connectivity index (χ3n) is 6.51. The molecular formula is C27H33N5O3. The average Bonchev–Trinajstić information content (AvgIpc) is 3.33.